The van der Waals surface area contributed by atoms with Gasteiger partial charge < -0.3 is 10.2 Å². The van der Waals surface area contributed by atoms with Gasteiger partial charge in [0.15, 0.2) is 0 Å². The van der Waals surface area contributed by atoms with Crippen molar-refractivity contribution in [2.45, 2.75) is 32.7 Å². The maximum Gasteiger partial charge on any atom is 0.227 e. The molecule has 108 valence electrons. The van der Waals surface area contributed by atoms with Crippen molar-refractivity contribution in [1.82, 2.24) is 5.32 Å². The van der Waals surface area contributed by atoms with Crippen LogP contribution in [0, 0.1) is 11.7 Å². The van der Waals surface area contributed by atoms with Crippen LogP contribution < -0.4 is 10.2 Å². The Morgan fingerprint density at radius 3 is 2.70 bits per heavy atom. The van der Waals surface area contributed by atoms with E-state index in [2.05, 4.69) is 5.32 Å². The van der Waals surface area contributed by atoms with Gasteiger partial charge in [0, 0.05) is 24.7 Å². The largest absolute Gasteiger partial charge is 0.353 e. The van der Waals surface area contributed by atoms with E-state index in [1.807, 2.05) is 13.8 Å². The summed E-state index contributed by atoms with van der Waals surface area (Å²) in [5.74, 6) is -0.855. The number of anilines is 1. The molecule has 2 rings (SSSR count). The van der Waals surface area contributed by atoms with E-state index in [0.717, 1.165) is 6.42 Å². The minimum Gasteiger partial charge on any atom is -0.353 e. The van der Waals surface area contributed by atoms with Crippen LogP contribution in [-0.2, 0) is 9.59 Å². The Labute approximate surface area is 118 Å². The maximum atomic E-state index is 12.9. The third kappa shape index (κ3) is 3.15. The minimum absolute atomic E-state index is 0.0858. The summed E-state index contributed by atoms with van der Waals surface area (Å²) < 4.78 is 12.9. The van der Waals surface area contributed by atoms with Crippen LogP contribution in [0.25, 0.3) is 0 Å². The van der Waals surface area contributed by atoms with Crippen LogP contribution in [0.3, 0.4) is 0 Å². The molecule has 1 aromatic carbocycles. The molecule has 1 heterocycles. The number of hydrogen-bond acceptors (Lipinski definition) is 2. The summed E-state index contributed by atoms with van der Waals surface area (Å²) in [5, 5.41) is 2.90. The third-order valence-electron chi connectivity index (χ3n) is 3.64. The van der Waals surface area contributed by atoms with Gasteiger partial charge in [-0.25, -0.2) is 4.39 Å². The first-order valence-corrected chi connectivity index (χ1v) is 6.87. The standard InChI is InChI=1S/C15H19FN2O2/c1-3-10(2)17-15(20)11-8-14(19)18(9-11)13-6-4-12(16)5-7-13/h4-7,10-11H,3,8-9H2,1-2H3,(H,17,20)/t10-,11+/m1/s1. The number of benzene rings is 1. The van der Waals surface area contributed by atoms with Crippen LogP contribution >= 0.6 is 0 Å². The van der Waals surface area contributed by atoms with Gasteiger partial charge in [-0.3, -0.25) is 9.59 Å². The molecule has 0 bridgehead atoms. The summed E-state index contributed by atoms with van der Waals surface area (Å²) in [5.41, 5.74) is 0.634. The summed E-state index contributed by atoms with van der Waals surface area (Å²) in [4.78, 5) is 25.6. The summed E-state index contributed by atoms with van der Waals surface area (Å²) in [7, 11) is 0. The van der Waals surface area contributed by atoms with E-state index in [9.17, 15) is 14.0 Å². The predicted molar refractivity (Wildman–Crippen MR) is 74.8 cm³/mol. The highest BCUT2D eigenvalue weighted by atomic mass is 19.1. The molecule has 1 aromatic rings. The SMILES string of the molecule is CC[C@@H](C)NC(=O)[C@H]1CC(=O)N(c2ccc(F)cc2)C1. The van der Waals surface area contributed by atoms with Crippen LogP contribution in [0.4, 0.5) is 10.1 Å². The summed E-state index contributed by atoms with van der Waals surface area (Å²) in [6.07, 6.45) is 1.06. The quantitative estimate of drug-likeness (QED) is 0.917. The molecule has 5 heteroatoms. The number of halogens is 1. The molecule has 1 N–H and O–H groups in total. The monoisotopic (exact) mass is 278 g/mol. The lowest BCUT2D eigenvalue weighted by atomic mass is 10.1. The molecule has 0 unspecified atom stereocenters. The molecule has 0 aromatic heterocycles. The molecule has 1 fully saturated rings. The van der Waals surface area contributed by atoms with E-state index in [4.69, 9.17) is 0 Å². The number of amides is 2. The lowest BCUT2D eigenvalue weighted by Gasteiger charge is -2.18. The lowest BCUT2D eigenvalue weighted by molar-refractivity contribution is -0.126. The predicted octanol–water partition coefficient (Wildman–Crippen LogP) is 2.09. The average Bonchev–Trinajstić information content (AvgIpc) is 2.81. The summed E-state index contributed by atoms with van der Waals surface area (Å²) >= 11 is 0. The molecular weight excluding hydrogens is 259 g/mol. The van der Waals surface area contributed by atoms with Gasteiger partial charge in [-0.2, -0.15) is 0 Å². The molecule has 0 radical (unpaired) electrons. The Kier molecular flexibility index (Phi) is 4.37. The van der Waals surface area contributed by atoms with Gasteiger partial charge in [-0.15, -0.1) is 0 Å². The number of rotatable bonds is 4. The lowest BCUT2D eigenvalue weighted by Crippen LogP contribution is -2.38. The maximum absolute atomic E-state index is 12.9. The van der Waals surface area contributed by atoms with Crippen molar-refractivity contribution in [3.8, 4) is 0 Å². The van der Waals surface area contributed by atoms with Gasteiger partial charge in [0.2, 0.25) is 11.8 Å². The van der Waals surface area contributed by atoms with Gasteiger partial charge in [-0.1, -0.05) is 6.92 Å². The zero-order chi connectivity index (χ0) is 14.7. The van der Waals surface area contributed by atoms with Crippen molar-refractivity contribution in [2.24, 2.45) is 5.92 Å². The van der Waals surface area contributed by atoms with Crippen LogP contribution in [0.1, 0.15) is 26.7 Å². The minimum atomic E-state index is -0.341. The second kappa shape index (κ2) is 6.03. The zero-order valence-electron chi connectivity index (χ0n) is 11.7. The molecule has 1 aliphatic heterocycles. The molecule has 0 saturated carbocycles. The third-order valence-corrected chi connectivity index (χ3v) is 3.64. The van der Waals surface area contributed by atoms with Crippen molar-refractivity contribution < 1.29 is 14.0 Å². The number of nitrogens with one attached hydrogen (secondary N) is 1. The highest BCUT2D eigenvalue weighted by molar-refractivity contribution is 6.00. The normalized spacial score (nSPS) is 20.1. The second-order valence-electron chi connectivity index (χ2n) is 5.20. The average molecular weight is 278 g/mol. The topological polar surface area (TPSA) is 49.4 Å². The zero-order valence-corrected chi connectivity index (χ0v) is 11.7. The first-order valence-electron chi connectivity index (χ1n) is 6.87. The van der Waals surface area contributed by atoms with Gasteiger partial charge in [0.05, 0.1) is 5.92 Å². The van der Waals surface area contributed by atoms with E-state index in [-0.39, 0.29) is 36.0 Å². The molecule has 1 aliphatic rings. The summed E-state index contributed by atoms with van der Waals surface area (Å²) in [6, 6.07) is 5.85. The Bertz CT molecular complexity index is 501. The summed E-state index contributed by atoms with van der Waals surface area (Å²) in [6.45, 7) is 4.29. The van der Waals surface area contributed by atoms with Crippen molar-refractivity contribution in [3.63, 3.8) is 0 Å². The van der Waals surface area contributed by atoms with E-state index in [0.29, 0.717) is 12.2 Å². The van der Waals surface area contributed by atoms with Crippen LogP contribution in [0.5, 0.6) is 0 Å². The smallest absolute Gasteiger partial charge is 0.227 e. The van der Waals surface area contributed by atoms with Crippen molar-refractivity contribution in [3.05, 3.63) is 30.1 Å². The Balaban J connectivity index is 2.03. The molecular formula is C15H19FN2O2. The Hall–Kier alpha value is -1.91. The van der Waals surface area contributed by atoms with Crippen molar-refractivity contribution >= 4 is 17.5 Å². The fraction of sp³-hybridized carbons (Fsp3) is 0.467. The van der Waals surface area contributed by atoms with E-state index >= 15 is 0 Å². The van der Waals surface area contributed by atoms with Gasteiger partial charge in [-0.05, 0) is 37.6 Å². The second-order valence-corrected chi connectivity index (χ2v) is 5.20. The molecule has 2 atom stereocenters. The number of carbonyl (C=O) groups is 2. The van der Waals surface area contributed by atoms with Crippen LogP contribution in [0.15, 0.2) is 24.3 Å². The van der Waals surface area contributed by atoms with Gasteiger partial charge in [0.25, 0.3) is 0 Å². The molecule has 4 nitrogen and oxygen atoms in total. The number of carbonyl (C=O) groups excluding carboxylic acids is 2. The highest BCUT2D eigenvalue weighted by Gasteiger charge is 2.35. The molecule has 20 heavy (non-hydrogen) atoms. The first kappa shape index (κ1) is 14.5. The van der Waals surface area contributed by atoms with Crippen molar-refractivity contribution in [2.75, 3.05) is 11.4 Å². The van der Waals surface area contributed by atoms with E-state index < -0.39 is 0 Å². The van der Waals surface area contributed by atoms with Crippen molar-refractivity contribution in [1.29, 1.82) is 0 Å². The Morgan fingerprint density at radius 1 is 1.45 bits per heavy atom. The highest BCUT2D eigenvalue weighted by Crippen LogP contribution is 2.25. The fourth-order valence-electron chi connectivity index (χ4n) is 2.22. The van der Waals surface area contributed by atoms with Crippen LogP contribution in [0.2, 0.25) is 0 Å². The number of nitrogens with zero attached hydrogens (tertiary/aromatic N) is 1. The Morgan fingerprint density at radius 2 is 2.10 bits per heavy atom. The van der Waals surface area contributed by atoms with Gasteiger partial charge in [0.1, 0.15) is 5.82 Å². The molecule has 0 spiro atoms. The fourth-order valence-corrected chi connectivity index (χ4v) is 2.22. The van der Waals surface area contributed by atoms with E-state index in [1.54, 1.807) is 17.0 Å². The molecule has 0 aliphatic carbocycles. The first-order chi connectivity index (χ1) is 9.51. The number of hydrogen-bond donors (Lipinski definition) is 1. The molecule has 1 saturated heterocycles. The van der Waals surface area contributed by atoms with Gasteiger partial charge >= 0.3 is 0 Å². The van der Waals surface area contributed by atoms with E-state index in [1.165, 1.54) is 12.1 Å². The van der Waals surface area contributed by atoms with Crippen LogP contribution in [-0.4, -0.2) is 24.4 Å². The molecule has 2 amide bonds.